The summed E-state index contributed by atoms with van der Waals surface area (Å²) in [7, 11) is 0. The van der Waals surface area contributed by atoms with Crippen molar-refractivity contribution in [3.63, 3.8) is 0 Å². The molecule has 0 aromatic heterocycles. The van der Waals surface area contributed by atoms with E-state index in [9.17, 15) is 4.79 Å². The number of hydrogen-bond acceptors (Lipinski definition) is 3. The second kappa shape index (κ2) is 7.97. The molecule has 5 nitrogen and oxygen atoms in total. The zero-order chi connectivity index (χ0) is 15.0. The lowest BCUT2D eigenvalue weighted by molar-refractivity contribution is -0.805. The molecule has 3 N–H and O–H groups in total. The minimum absolute atomic E-state index is 0.0361. The van der Waals surface area contributed by atoms with Crippen molar-refractivity contribution in [1.29, 1.82) is 0 Å². The van der Waals surface area contributed by atoms with Gasteiger partial charge in [-0.2, -0.15) is 0 Å². The van der Waals surface area contributed by atoms with Crippen molar-refractivity contribution >= 4 is 11.8 Å². The maximum atomic E-state index is 11.1. The first-order chi connectivity index (χ1) is 9.53. The molecule has 0 bridgehead atoms. The van der Waals surface area contributed by atoms with Gasteiger partial charge in [0.25, 0.3) is 0 Å². The average Bonchev–Trinajstić information content (AvgIpc) is 2.77. The number of nitrogens with two attached hydrogens (primary N) is 1. The van der Waals surface area contributed by atoms with Crippen LogP contribution in [-0.2, 0) is 4.79 Å². The Morgan fingerprint density at radius 1 is 1.50 bits per heavy atom. The highest BCUT2D eigenvalue weighted by Gasteiger charge is 2.40. The summed E-state index contributed by atoms with van der Waals surface area (Å²) in [6.45, 7) is 3.82. The fourth-order valence-corrected chi connectivity index (χ4v) is 2.48. The Morgan fingerprint density at radius 3 is 2.85 bits per heavy atom. The quantitative estimate of drug-likeness (QED) is 0.387. The fraction of sp³-hybridized carbons (Fsp3) is 0.600. The van der Waals surface area contributed by atoms with Gasteiger partial charge in [0, 0.05) is 13.3 Å². The van der Waals surface area contributed by atoms with Gasteiger partial charge < -0.3 is 5.11 Å². The van der Waals surface area contributed by atoms with Gasteiger partial charge in [0.15, 0.2) is 6.54 Å². The van der Waals surface area contributed by atoms with Crippen molar-refractivity contribution in [3.05, 3.63) is 24.6 Å². The summed E-state index contributed by atoms with van der Waals surface area (Å²) in [6.07, 6.45) is 12.6. The Balaban J connectivity index is 2.53. The van der Waals surface area contributed by atoms with Crippen molar-refractivity contribution in [1.82, 2.24) is 0 Å². The Hall–Kier alpha value is -1.46. The molecule has 0 aliphatic carbocycles. The van der Waals surface area contributed by atoms with Gasteiger partial charge in [-0.3, -0.25) is 5.73 Å². The standard InChI is InChI=1S/C15H25N3O2/c1-3-4-5-6-7-8-9-14-17-10-11-18(14,13(2)16)12-15(19)20/h3-4,10-11,13H,5-9,12,16H2,1-2H3/p+1/b4-3+. The molecule has 0 spiro atoms. The molecule has 1 rings (SSSR count). The number of carbonyl (C=O) groups is 1. The highest BCUT2D eigenvalue weighted by atomic mass is 16.4. The molecular weight excluding hydrogens is 254 g/mol. The minimum Gasteiger partial charge on any atom is -0.477 e. The number of carboxylic acids is 1. The summed E-state index contributed by atoms with van der Waals surface area (Å²) < 4.78 is 0.157. The van der Waals surface area contributed by atoms with Crippen molar-refractivity contribution < 1.29 is 14.4 Å². The van der Waals surface area contributed by atoms with Gasteiger partial charge in [-0.05, 0) is 26.2 Å². The van der Waals surface area contributed by atoms with Crippen LogP contribution < -0.4 is 5.73 Å². The summed E-state index contributed by atoms with van der Waals surface area (Å²) >= 11 is 0. The van der Waals surface area contributed by atoms with Crippen LogP contribution >= 0.6 is 0 Å². The van der Waals surface area contributed by atoms with Gasteiger partial charge in [0.1, 0.15) is 12.4 Å². The molecule has 1 heterocycles. The molecule has 0 saturated heterocycles. The van der Waals surface area contributed by atoms with Crippen LogP contribution in [-0.4, -0.2) is 34.1 Å². The minimum atomic E-state index is -0.852. The highest BCUT2D eigenvalue weighted by Crippen LogP contribution is 2.23. The largest absolute Gasteiger partial charge is 0.477 e. The normalized spacial score (nSPS) is 23.2. The van der Waals surface area contributed by atoms with Crippen LogP contribution in [0.25, 0.3) is 0 Å². The van der Waals surface area contributed by atoms with E-state index in [4.69, 9.17) is 10.8 Å². The number of amidine groups is 1. The Kier molecular flexibility index (Phi) is 6.61. The van der Waals surface area contributed by atoms with E-state index in [-0.39, 0.29) is 17.2 Å². The number of rotatable bonds is 9. The van der Waals surface area contributed by atoms with Gasteiger partial charge in [-0.25, -0.2) is 14.3 Å². The van der Waals surface area contributed by atoms with Crippen molar-refractivity contribution in [2.45, 2.75) is 52.1 Å². The first kappa shape index (κ1) is 16.6. The molecule has 2 unspecified atom stereocenters. The molecule has 5 heteroatoms. The number of unbranched alkanes of at least 4 members (excludes halogenated alkanes) is 3. The summed E-state index contributed by atoms with van der Waals surface area (Å²) in [5.41, 5.74) is 6.01. The third kappa shape index (κ3) is 4.28. The fourth-order valence-electron chi connectivity index (χ4n) is 2.48. The number of hydrogen-bond donors (Lipinski definition) is 2. The van der Waals surface area contributed by atoms with Gasteiger partial charge in [0.2, 0.25) is 5.84 Å². The molecule has 0 radical (unpaired) electrons. The van der Waals surface area contributed by atoms with Crippen molar-refractivity contribution in [2.75, 3.05) is 6.54 Å². The van der Waals surface area contributed by atoms with Crippen LogP contribution in [0.4, 0.5) is 0 Å². The van der Waals surface area contributed by atoms with Crippen LogP contribution in [0.2, 0.25) is 0 Å². The van der Waals surface area contributed by atoms with E-state index < -0.39 is 5.97 Å². The molecule has 1 aliphatic heterocycles. The lowest BCUT2D eigenvalue weighted by Gasteiger charge is -2.34. The van der Waals surface area contributed by atoms with Crippen LogP contribution in [0.5, 0.6) is 0 Å². The van der Waals surface area contributed by atoms with E-state index in [1.807, 2.05) is 13.8 Å². The zero-order valence-corrected chi connectivity index (χ0v) is 12.5. The van der Waals surface area contributed by atoms with E-state index >= 15 is 0 Å². The van der Waals surface area contributed by atoms with Crippen LogP contribution in [0.15, 0.2) is 29.5 Å². The summed E-state index contributed by atoms with van der Waals surface area (Å²) in [5.74, 6) is 0.0167. The van der Waals surface area contributed by atoms with Gasteiger partial charge in [0.05, 0.1) is 6.20 Å². The predicted molar refractivity (Wildman–Crippen MR) is 80.9 cm³/mol. The van der Waals surface area contributed by atoms with Crippen LogP contribution in [0.3, 0.4) is 0 Å². The lowest BCUT2D eigenvalue weighted by Crippen LogP contribution is -2.59. The smallest absolute Gasteiger partial charge is 0.360 e. The van der Waals surface area contributed by atoms with Gasteiger partial charge in [-0.1, -0.05) is 18.6 Å². The van der Waals surface area contributed by atoms with Crippen molar-refractivity contribution in [2.24, 2.45) is 10.7 Å². The number of nitrogens with zero attached hydrogens (tertiary/aromatic N) is 2. The third-order valence-corrected chi connectivity index (χ3v) is 3.67. The van der Waals surface area contributed by atoms with Crippen molar-refractivity contribution in [3.8, 4) is 0 Å². The molecule has 0 fully saturated rings. The predicted octanol–water partition coefficient (Wildman–Crippen LogP) is 2.60. The van der Waals surface area contributed by atoms with E-state index in [0.29, 0.717) is 0 Å². The maximum absolute atomic E-state index is 11.1. The van der Waals surface area contributed by atoms with Crippen LogP contribution in [0, 0.1) is 0 Å². The SMILES string of the molecule is C/C=C/CCCCCC1=NC=C[N+]1(CC(=O)O)C(C)N. The Morgan fingerprint density at radius 2 is 2.25 bits per heavy atom. The van der Waals surface area contributed by atoms with E-state index in [1.165, 1.54) is 0 Å². The second-order valence-electron chi connectivity index (χ2n) is 5.23. The first-order valence-electron chi connectivity index (χ1n) is 7.24. The molecule has 0 aromatic rings. The average molecular weight is 280 g/mol. The number of aliphatic carboxylic acids is 1. The van der Waals surface area contributed by atoms with E-state index in [2.05, 4.69) is 17.1 Å². The number of carboxylic acid groups (broad SMARTS) is 1. The van der Waals surface area contributed by atoms with E-state index in [0.717, 1.165) is 37.9 Å². The zero-order valence-electron chi connectivity index (χ0n) is 12.5. The highest BCUT2D eigenvalue weighted by molar-refractivity contribution is 5.81. The monoisotopic (exact) mass is 280 g/mol. The summed E-state index contributed by atoms with van der Waals surface area (Å²) in [6, 6.07) is 0. The molecule has 2 atom stereocenters. The summed E-state index contributed by atoms with van der Waals surface area (Å²) in [5, 5.41) is 9.11. The lowest BCUT2D eigenvalue weighted by atomic mass is 10.1. The Bertz CT molecular complexity index is 413. The third-order valence-electron chi connectivity index (χ3n) is 3.67. The first-order valence-corrected chi connectivity index (χ1v) is 7.24. The maximum Gasteiger partial charge on any atom is 0.360 e. The molecular formula is C15H26N3O2+. The van der Waals surface area contributed by atoms with Gasteiger partial charge >= 0.3 is 5.97 Å². The number of quaternary nitrogens is 1. The molecule has 1 aliphatic rings. The molecule has 112 valence electrons. The summed E-state index contributed by atoms with van der Waals surface area (Å²) in [4.78, 5) is 15.4. The molecule has 0 amide bonds. The Labute approximate surface area is 121 Å². The van der Waals surface area contributed by atoms with Crippen LogP contribution in [0.1, 0.15) is 46.0 Å². The number of aliphatic imine (C=N–C) groups is 1. The molecule has 20 heavy (non-hydrogen) atoms. The molecule has 0 aromatic carbocycles. The molecule has 0 saturated carbocycles. The second-order valence-corrected chi connectivity index (χ2v) is 5.23. The van der Waals surface area contributed by atoms with E-state index in [1.54, 1.807) is 12.4 Å². The topological polar surface area (TPSA) is 75.7 Å². The van der Waals surface area contributed by atoms with Gasteiger partial charge in [-0.15, -0.1) is 0 Å². The number of allylic oxidation sites excluding steroid dienone is 2.